The summed E-state index contributed by atoms with van der Waals surface area (Å²) < 4.78 is 0. The Balaban J connectivity index is 1.57. The lowest BCUT2D eigenvalue weighted by atomic mass is 9.99. The highest BCUT2D eigenvalue weighted by Gasteiger charge is 2.25. The van der Waals surface area contributed by atoms with E-state index in [1.54, 1.807) is 0 Å². The molecule has 124 valence electrons. The average molecular weight is 322 g/mol. The fraction of sp³-hybridized carbons (Fsp3) is 0.421. The summed E-state index contributed by atoms with van der Waals surface area (Å²) in [5.41, 5.74) is 3.01. The van der Waals surface area contributed by atoms with Crippen LogP contribution in [0.4, 0.5) is 11.5 Å². The van der Waals surface area contributed by atoms with Crippen molar-refractivity contribution in [2.24, 2.45) is 5.92 Å². The molecule has 5 heteroatoms. The minimum atomic E-state index is 0.0260. The van der Waals surface area contributed by atoms with Crippen LogP contribution in [-0.2, 0) is 6.42 Å². The number of para-hydroxylation sites is 1. The third kappa shape index (κ3) is 2.75. The quantitative estimate of drug-likeness (QED) is 0.853. The van der Waals surface area contributed by atoms with Gasteiger partial charge in [-0.05, 0) is 36.8 Å². The Kier molecular flexibility index (Phi) is 3.92. The maximum absolute atomic E-state index is 12.7. The van der Waals surface area contributed by atoms with E-state index in [4.69, 9.17) is 0 Å². The standard InChI is InChI=1S/C19H22N4O/c1-14-6-9-22(10-7-14)19(24)16-12-18(21-13-20-16)23-11-8-15-4-2-3-5-17(15)23/h2-5,12-14H,6-11H2,1H3. The second-order valence-corrected chi connectivity index (χ2v) is 6.77. The van der Waals surface area contributed by atoms with Crippen molar-refractivity contribution in [2.45, 2.75) is 26.2 Å². The van der Waals surface area contributed by atoms with Gasteiger partial charge in [0.2, 0.25) is 0 Å². The number of hydrogen-bond donors (Lipinski definition) is 0. The van der Waals surface area contributed by atoms with Crippen molar-refractivity contribution in [3.8, 4) is 0 Å². The van der Waals surface area contributed by atoms with Crippen molar-refractivity contribution < 1.29 is 4.79 Å². The van der Waals surface area contributed by atoms with Gasteiger partial charge in [-0.1, -0.05) is 25.1 Å². The van der Waals surface area contributed by atoms with E-state index in [9.17, 15) is 4.79 Å². The van der Waals surface area contributed by atoms with E-state index in [2.05, 4.69) is 40.0 Å². The maximum Gasteiger partial charge on any atom is 0.272 e. The van der Waals surface area contributed by atoms with Gasteiger partial charge in [-0.2, -0.15) is 0 Å². The number of likely N-dealkylation sites (tertiary alicyclic amines) is 1. The fourth-order valence-electron chi connectivity index (χ4n) is 3.56. The summed E-state index contributed by atoms with van der Waals surface area (Å²) >= 11 is 0. The molecule has 1 aromatic heterocycles. The molecule has 0 atom stereocenters. The topological polar surface area (TPSA) is 49.3 Å². The lowest BCUT2D eigenvalue weighted by molar-refractivity contribution is 0.0691. The molecule has 5 nitrogen and oxygen atoms in total. The summed E-state index contributed by atoms with van der Waals surface area (Å²) in [6.45, 7) is 4.79. The number of amides is 1. The van der Waals surface area contributed by atoms with Crippen LogP contribution in [0.5, 0.6) is 0 Å². The number of carbonyl (C=O) groups is 1. The summed E-state index contributed by atoms with van der Waals surface area (Å²) in [6.07, 6.45) is 4.66. The molecule has 0 radical (unpaired) electrons. The third-order valence-corrected chi connectivity index (χ3v) is 5.11. The third-order valence-electron chi connectivity index (χ3n) is 5.11. The Labute approximate surface area is 142 Å². The smallest absolute Gasteiger partial charge is 0.272 e. The second-order valence-electron chi connectivity index (χ2n) is 6.77. The van der Waals surface area contributed by atoms with Gasteiger partial charge < -0.3 is 9.80 Å². The van der Waals surface area contributed by atoms with Crippen LogP contribution in [0.1, 0.15) is 35.8 Å². The first kappa shape index (κ1) is 15.1. The maximum atomic E-state index is 12.7. The number of nitrogens with zero attached hydrogens (tertiary/aromatic N) is 4. The van der Waals surface area contributed by atoms with Crippen LogP contribution in [0.3, 0.4) is 0 Å². The van der Waals surface area contributed by atoms with E-state index < -0.39 is 0 Å². The number of hydrogen-bond acceptors (Lipinski definition) is 4. The predicted octanol–water partition coefficient (Wildman–Crippen LogP) is 3.04. The highest BCUT2D eigenvalue weighted by molar-refractivity contribution is 5.93. The average Bonchev–Trinajstić information content (AvgIpc) is 3.06. The van der Waals surface area contributed by atoms with Crippen molar-refractivity contribution in [1.82, 2.24) is 14.9 Å². The fourth-order valence-corrected chi connectivity index (χ4v) is 3.56. The van der Waals surface area contributed by atoms with Gasteiger partial charge in [0.25, 0.3) is 5.91 Å². The van der Waals surface area contributed by atoms with Gasteiger partial charge in [-0.15, -0.1) is 0 Å². The van der Waals surface area contributed by atoms with E-state index >= 15 is 0 Å². The van der Waals surface area contributed by atoms with Crippen LogP contribution in [0.2, 0.25) is 0 Å². The molecule has 1 saturated heterocycles. The zero-order valence-electron chi connectivity index (χ0n) is 14.0. The Morgan fingerprint density at radius 1 is 1.12 bits per heavy atom. The predicted molar refractivity (Wildman–Crippen MR) is 93.5 cm³/mol. The zero-order valence-corrected chi connectivity index (χ0v) is 14.0. The van der Waals surface area contributed by atoms with Crippen molar-refractivity contribution in [3.63, 3.8) is 0 Å². The molecule has 0 bridgehead atoms. The highest BCUT2D eigenvalue weighted by Crippen LogP contribution is 2.33. The summed E-state index contributed by atoms with van der Waals surface area (Å²) in [6, 6.07) is 10.2. The molecule has 0 unspecified atom stereocenters. The van der Waals surface area contributed by atoms with E-state index in [1.165, 1.54) is 17.6 Å². The first-order chi connectivity index (χ1) is 11.7. The largest absolute Gasteiger partial charge is 0.337 e. The molecule has 0 aliphatic carbocycles. The minimum Gasteiger partial charge on any atom is -0.337 e. The first-order valence-electron chi connectivity index (χ1n) is 8.69. The van der Waals surface area contributed by atoms with Gasteiger partial charge in [-0.25, -0.2) is 9.97 Å². The Hall–Kier alpha value is -2.43. The number of rotatable bonds is 2. The van der Waals surface area contributed by atoms with Gasteiger partial charge in [0.05, 0.1) is 0 Å². The lowest BCUT2D eigenvalue weighted by Gasteiger charge is -2.30. The van der Waals surface area contributed by atoms with Gasteiger partial charge in [0.1, 0.15) is 17.8 Å². The van der Waals surface area contributed by atoms with E-state index in [0.29, 0.717) is 11.6 Å². The molecular weight excluding hydrogens is 300 g/mol. The molecule has 2 aliphatic rings. The molecule has 4 rings (SSSR count). The number of benzene rings is 1. The molecule has 1 aromatic carbocycles. The molecule has 24 heavy (non-hydrogen) atoms. The molecule has 0 spiro atoms. The summed E-state index contributed by atoms with van der Waals surface area (Å²) in [4.78, 5) is 25.5. The van der Waals surface area contributed by atoms with E-state index in [1.807, 2.05) is 17.0 Å². The molecule has 2 aliphatic heterocycles. The van der Waals surface area contributed by atoms with Crippen molar-refractivity contribution in [1.29, 1.82) is 0 Å². The number of fused-ring (bicyclic) bond motifs is 1. The van der Waals surface area contributed by atoms with Crippen LogP contribution in [-0.4, -0.2) is 40.4 Å². The number of aromatic nitrogens is 2. The van der Waals surface area contributed by atoms with Crippen molar-refractivity contribution >= 4 is 17.4 Å². The zero-order chi connectivity index (χ0) is 16.5. The molecule has 1 amide bonds. The molecule has 2 aromatic rings. The molecular formula is C19H22N4O. The summed E-state index contributed by atoms with van der Waals surface area (Å²) in [5.74, 6) is 1.54. The lowest BCUT2D eigenvalue weighted by Crippen LogP contribution is -2.38. The Morgan fingerprint density at radius 2 is 1.92 bits per heavy atom. The molecule has 0 N–H and O–H groups in total. The van der Waals surface area contributed by atoms with E-state index in [-0.39, 0.29) is 5.91 Å². The Morgan fingerprint density at radius 3 is 2.75 bits per heavy atom. The van der Waals surface area contributed by atoms with Gasteiger partial charge in [0, 0.05) is 31.4 Å². The normalized spacial score (nSPS) is 17.9. The minimum absolute atomic E-state index is 0.0260. The van der Waals surface area contributed by atoms with Crippen LogP contribution in [0.25, 0.3) is 0 Å². The number of piperidine rings is 1. The molecule has 3 heterocycles. The summed E-state index contributed by atoms with van der Waals surface area (Å²) in [5, 5.41) is 0. The number of anilines is 2. The highest BCUT2D eigenvalue weighted by atomic mass is 16.2. The van der Waals surface area contributed by atoms with Crippen molar-refractivity contribution in [2.75, 3.05) is 24.5 Å². The summed E-state index contributed by atoms with van der Waals surface area (Å²) in [7, 11) is 0. The SMILES string of the molecule is CC1CCN(C(=O)c2cc(N3CCc4ccccc43)ncn2)CC1. The van der Waals surface area contributed by atoms with Crippen LogP contribution in [0.15, 0.2) is 36.7 Å². The van der Waals surface area contributed by atoms with Crippen LogP contribution < -0.4 is 4.90 Å². The van der Waals surface area contributed by atoms with Crippen LogP contribution >= 0.6 is 0 Å². The second kappa shape index (κ2) is 6.23. The van der Waals surface area contributed by atoms with Crippen molar-refractivity contribution in [3.05, 3.63) is 47.9 Å². The van der Waals surface area contributed by atoms with Crippen LogP contribution in [0, 0.1) is 5.92 Å². The Bertz CT molecular complexity index is 753. The monoisotopic (exact) mass is 322 g/mol. The van der Waals surface area contributed by atoms with Gasteiger partial charge >= 0.3 is 0 Å². The van der Waals surface area contributed by atoms with Gasteiger partial charge in [0.15, 0.2) is 0 Å². The molecule has 1 fully saturated rings. The first-order valence-corrected chi connectivity index (χ1v) is 8.69. The molecule has 0 saturated carbocycles. The number of carbonyl (C=O) groups excluding carboxylic acids is 1. The van der Waals surface area contributed by atoms with Gasteiger partial charge in [-0.3, -0.25) is 4.79 Å². The van der Waals surface area contributed by atoms with E-state index in [0.717, 1.165) is 44.7 Å².